The molecule has 0 radical (unpaired) electrons. The van der Waals surface area contributed by atoms with Crippen molar-refractivity contribution < 1.29 is 4.79 Å². The predicted octanol–water partition coefficient (Wildman–Crippen LogP) is 3.77. The quantitative estimate of drug-likeness (QED) is 0.838. The van der Waals surface area contributed by atoms with Crippen LogP contribution >= 0.6 is 11.3 Å². The molecule has 0 saturated carbocycles. The van der Waals surface area contributed by atoms with Gasteiger partial charge in [-0.3, -0.25) is 9.69 Å². The number of carbonyl (C=O) groups excluding carboxylic acids is 1. The topological polar surface area (TPSA) is 23.6 Å². The number of hydrogen-bond donors (Lipinski definition) is 0. The molecule has 1 fully saturated rings. The van der Waals surface area contributed by atoms with Crippen molar-refractivity contribution in [2.24, 2.45) is 5.92 Å². The molecule has 2 aromatic rings. The molecule has 2 aliphatic rings. The second kappa shape index (κ2) is 6.93. The molecular weight excluding hydrogens is 328 g/mol. The van der Waals surface area contributed by atoms with Crippen LogP contribution in [0.15, 0.2) is 29.6 Å². The highest BCUT2D eigenvalue weighted by Gasteiger charge is 2.33. The van der Waals surface area contributed by atoms with E-state index >= 15 is 0 Å². The van der Waals surface area contributed by atoms with Crippen LogP contribution in [-0.2, 0) is 24.3 Å². The second-order valence-electron chi connectivity index (χ2n) is 7.53. The minimum absolute atomic E-state index is 0.172. The van der Waals surface area contributed by atoms with Crippen molar-refractivity contribution in [3.63, 3.8) is 0 Å². The fourth-order valence-corrected chi connectivity index (χ4v) is 4.97. The van der Waals surface area contributed by atoms with Crippen LogP contribution in [0.5, 0.6) is 0 Å². The Bertz CT molecular complexity index is 782. The van der Waals surface area contributed by atoms with Gasteiger partial charge in [-0.2, -0.15) is 0 Å². The van der Waals surface area contributed by atoms with Gasteiger partial charge in [-0.1, -0.05) is 23.8 Å². The molecule has 1 aromatic heterocycles. The van der Waals surface area contributed by atoms with Gasteiger partial charge in [0, 0.05) is 31.1 Å². The summed E-state index contributed by atoms with van der Waals surface area (Å²) >= 11 is 1.83. The summed E-state index contributed by atoms with van der Waals surface area (Å²) in [5, 5.41) is 2.15. The van der Waals surface area contributed by atoms with Crippen LogP contribution in [0, 0.1) is 19.8 Å². The molecule has 3 nitrogen and oxygen atoms in total. The first-order valence-electron chi connectivity index (χ1n) is 9.22. The molecule has 1 saturated heterocycles. The zero-order valence-electron chi connectivity index (χ0n) is 15.1. The number of aryl methyl sites for hydroxylation is 2. The van der Waals surface area contributed by atoms with E-state index in [4.69, 9.17) is 0 Å². The van der Waals surface area contributed by atoms with E-state index < -0.39 is 0 Å². The SMILES string of the molecule is Cc1ccc(C)c(CN2CCC(C(=O)N3CCc4sccc4C3)C2)c1. The Kier molecular flexibility index (Phi) is 4.65. The third-order valence-electron chi connectivity index (χ3n) is 5.64. The van der Waals surface area contributed by atoms with E-state index in [-0.39, 0.29) is 5.92 Å². The summed E-state index contributed by atoms with van der Waals surface area (Å²) in [6.07, 6.45) is 2.02. The van der Waals surface area contributed by atoms with Crippen LogP contribution in [0.4, 0.5) is 0 Å². The van der Waals surface area contributed by atoms with E-state index in [0.717, 1.165) is 45.6 Å². The van der Waals surface area contributed by atoms with Crippen LogP contribution < -0.4 is 0 Å². The average molecular weight is 355 g/mol. The first-order chi connectivity index (χ1) is 12.1. The smallest absolute Gasteiger partial charge is 0.227 e. The van der Waals surface area contributed by atoms with Crippen LogP contribution in [0.3, 0.4) is 0 Å². The molecule has 3 heterocycles. The van der Waals surface area contributed by atoms with Crippen molar-refractivity contribution in [3.05, 3.63) is 56.8 Å². The Balaban J connectivity index is 1.37. The highest BCUT2D eigenvalue weighted by atomic mass is 32.1. The van der Waals surface area contributed by atoms with E-state index in [1.807, 2.05) is 11.3 Å². The fourth-order valence-electron chi connectivity index (χ4n) is 4.08. The van der Waals surface area contributed by atoms with Gasteiger partial charge in [-0.15, -0.1) is 11.3 Å². The number of likely N-dealkylation sites (tertiary alicyclic amines) is 1. The maximum absolute atomic E-state index is 13.0. The molecule has 2 aliphatic heterocycles. The van der Waals surface area contributed by atoms with Gasteiger partial charge in [0.2, 0.25) is 5.91 Å². The number of thiophene rings is 1. The Morgan fingerprint density at radius 3 is 3.00 bits per heavy atom. The van der Waals surface area contributed by atoms with Crippen molar-refractivity contribution in [1.82, 2.24) is 9.80 Å². The van der Waals surface area contributed by atoms with Crippen molar-refractivity contribution in [2.45, 2.75) is 39.8 Å². The van der Waals surface area contributed by atoms with Crippen molar-refractivity contribution in [2.75, 3.05) is 19.6 Å². The molecule has 1 atom stereocenters. The van der Waals surface area contributed by atoms with Crippen LogP contribution in [0.1, 0.15) is 33.6 Å². The van der Waals surface area contributed by atoms with Crippen molar-refractivity contribution in [1.29, 1.82) is 0 Å². The van der Waals surface area contributed by atoms with Gasteiger partial charge in [0.05, 0.1) is 5.92 Å². The monoisotopic (exact) mass is 354 g/mol. The van der Waals surface area contributed by atoms with E-state index in [1.165, 1.54) is 27.1 Å². The highest BCUT2D eigenvalue weighted by molar-refractivity contribution is 7.10. The van der Waals surface area contributed by atoms with E-state index in [1.54, 1.807) is 0 Å². The Morgan fingerprint density at radius 1 is 1.24 bits per heavy atom. The first kappa shape index (κ1) is 16.8. The predicted molar refractivity (Wildman–Crippen MR) is 103 cm³/mol. The summed E-state index contributed by atoms with van der Waals surface area (Å²) in [6.45, 7) is 8.92. The largest absolute Gasteiger partial charge is 0.338 e. The summed E-state index contributed by atoms with van der Waals surface area (Å²) in [5.41, 5.74) is 5.41. The molecular formula is C21H26N2OS. The van der Waals surface area contributed by atoms with E-state index in [2.05, 4.69) is 53.3 Å². The number of benzene rings is 1. The summed E-state index contributed by atoms with van der Waals surface area (Å²) in [6, 6.07) is 8.84. The maximum atomic E-state index is 13.0. The second-order valence-corrected chi connectivity index (χ2v) is 8.53. The standard InChI is InChI=1S/C21H26N2OS/c1-15-3-4-16(2)19(11-15)13-22-8-5-18(12-22)21(24)23-9-6-20-17(14-23)7-10-25-20/h3-4,7,10-11,18H,5-6,8-9,12-14H2,1-2H3. The Labute approximate surface area is 154 Å². The number of rotatable bonds is 3. The number of carbonyl (C=O) groups is 1. The van der Waals surface area contributed by atoms with E-state index in [9.17, 15) is 4.79 Å². The van der Waals surface area contributed by atoms with Crippen LogP contribution in [-0.4, -0.2) is 35.3 Å². The Morgan fingerprint density at radius 2 is 2.12 bits per heavy atom. The van der Waals surface area contributed by atoms with Gasteiger partial charge in [0.1, 0.15) is 0 Å². The lowest BCUT2D eigenvalue weighted by molar-refractivity contribution is -0.136. The third-order valence-corrected chi connectivity index (χ3v) is 6.66. The van der Waals surface area contributed by atoms with Gasteiger partial charge < -0.3 is 4.90 Å². The molecule has 4 heteroatoms. The normalized spacial score (nSPS) is 20.7. The van der Waals surface area contributed by atoms with Gasteiger partial charge in [-0.05, 0) is 61.4 Å². The fraction of sp³-hybridized carbons (Fsp3) is 0.476. The van der Waals surface area contributed by atoms with Gasteiger partial charge in [0.25, 0.3) is 0 Å². The van der Waals surface area contributed by atoms with Crippen molar-refractivity contribution >= 4 is 17.2 Å². The molecule has 0 N–H and O–H groups in total. The average Bonchev–Trinajstić information content (AvgIpc) is 3.26. The maximum Gasteiger partial charge on any atom is 0.227 e. The number of hydrogen-bond acceptors (Lipinski definition) is 3. The van der Waals surface area contributed by atoms with Crippen LogP contribution in [0.25, 0.3) is 0 Å². The highest BCUT2D eigenvalue weighted by Crippen LogP contribution is 2.27. The lowest BCUT2D eigenvalue weighted by Crippen LogP contribution is -2.40. The molecule has 0 bridgehead atoms. The molecule has 25 heavy (non-hydrogen) atoms. The van der Waals surface area contributed by atoms with Gasteiger partial charge in [0.15, 0.2) is 0 Å². The van der Waals surface area contributed by atoms with Gasteiger partial charge >= 0.3 is 0 Å². The number of amides is 1. The molecule has 0 spiro atoms. The zero-order valence-corrected chi connectivity index (χ0v) is 15.9. The molecule has 4 rings (SSSR count). The molecule has 0 aliphatic carbocycles. The molecule has 1 amide bonds. The summed E-state index contributed by atoms with van der Waals surface area (Å²) in [4.78, 5) is 19.0. The zero-order chi connectivity index (χ0) is 17.4. The minimum atomic E-state index is 0.172. The molecule has 1 aromatic carbocycles. The summed E-state index contributed by atoms with van der Waals surface area (Å²) < 4.78 is 0. The summed E-state index contributed by atoms with van der Waals surface area (Å²) in [7, 11) is 0. The third kappa shape index (κ3) is 3.51. The minimum Gasteiger partial charge on any atom is -0.338 e. The lowest BCUT2D eigenvalue weighted by Gasteiger charge is -2.29. The molecule has 1 unspecified atom stereocenters. The lowest BCUT2D eigenvalue weighted by atomic mass is 10.0. The Hall–Kier alpha value is -1.65. The van der Waals surface area contributed by atoms with Gasteiger partial charge in [-0.25, -0.2) is 0 Å². The number of nitrogens with zero attached hydrogens (tertiary/aromatic N) is 2. The summed E-state index contributed by atoms with van der Waals surface area (Å²) in [5.74, 6) is 0.533. The van der Waals surface area contributed by atoms with Crippen LogP contribution in [0.2, 0.25) is 0 Å². The van der Waals surface area contributed by atoms with E-state index in [0.29, 0.717) is 5.91 Å². The number of fused-ring (bicyclic) bond motifs is 1. The molecule has 132 valence electrons. The van der Waals surface area contributed by atoms with Crippen molar-refractivity contribution in [3.8, 4) is 0 Å². The first-order valence-corrected chi connectivity index (χ1v) is 10.1.